The summed E-state index contributed by atoms with van der Waals surface area (Å²) in [6.07, 6.45) is 3.14. The highest BCUT2D eigenvalue weighted by Gasteiger charge is 2.39. The number of hydrogen-bond donors (Lipinski definition) is 2. The van der Waals surface area contributed by atoms with Gasteiger partial charge in [-0.2, -0.15) is 5.26 Å². The van der Waals surface area contributed by atoms with Gasteiger partial charge in [-0.15, -0.1) is 10.2 Å². The maximum atomic E-state index is 11.4. The van der Waals surface area contributed by atoms with E-state index in [0.717, 1.165) is 30.4 Å². The van der Waals surface area contributed by atoms with Crippen molar-refractivity contribution in [2.45, 2.75) is 24.8 Å². The number of benzene rings is 2. The van der Waals surface area contributed by atoms with Gasteiger partial charge in [0.15, 0.2) is 0 Å². The van der Waals surface area contributed by atoms with Gasteiger partial charge in [-0.05, 0) is 61.2 Å². The van der Waals surface area contributed by atoms with Gasteiger partial charge in [0.25, 0.3) is 0 Å². The summed E-state index contributed by atoms with van der Waals surface area (Å²) in [5.74, 6) is 0.223. The van der Waals surface area contributed by atoms with Gasteiger partial charge in [0.2, 0.25) is 5.91 Å². The Morgan fingerprint density at radius 1 is 1.07 bits per heavy atom. The third kappa shape index (κ3) is 3.30. The molecule has 0 radical (unpaired) electrons. The van der Waals surface area contributed by atoms with E-state index >= 15 is 0 Å². The zero-order valence-corrected chi connectivity index (χ0v) is 15.2. The van der Waals surface area contributed by atoms with Crippen LogP contribution >= 0.6 is 0 Å². The predicted molar refractivity (Wildman–Crippen MR) is 106 cm³/mol. The molecule has 1 aliphatic rings. The van der Waals surface area contributed by atoms with Crippen molar-refractivity contribution in [3.8, 4) is 17.3 Å². The summed E-state index contributed by atoms with van der Waals surface area (Å²) in [5, 5.41) is 21.2. The molecule has 28 heavy (non-hydrogen) atoms. The van der Waals surface area contributed by atoms with Crippen LogP contribution in [0.5, 0.6) is 0 Å². The van der Waals surface area contributed by atoms with Crippen molar-refractivity contribution in [1.29, 1.82) is 5.26 Å². The summed E-state index contributed by atoms with van der Waals surface area (Å²) in [6, 6.07) is 20.6. The number of nitrogens with two attached hydrogens (primary N) is 1. The third-order valence-corrected chi connectivity index (χ3v) is 5.25. The lowest BCUT2D eigenvalue weighted by Crippen LogP contribution is -2.42. The van der Waals surface area contributed by atoms with Crippen LogP contribution in [-0.4, -0.2) is 16.1 Å². The minimum absolute atomic E-state index is 0.171. The lowest BCUT2D eigenvalue weighted by atomic mass is 9.71. The molecule has 0 atom stereocenters. The first-order chi connectivity index (χ1) is 13.6. The Hall–Kier alpha value is -3.72. The largest absolute Gasteiger partial charge is 0.366 e. The van der Waals surface area contributed by atoms with Gasteiger partial charge in [-0.25, -0.2) is 0 Å². The Balaban J connectivity index is 1.56. The second-order valence-corrected chi connectivity index (χ2v) is 7.00. The van der Waals surface area contributed by atoms with E-state index in [1.165, 1.54) is 0 Å². The molecule has 1 saturated carbocycles. The summed E-state index contributed by atoms with van der Waals surface area (Å²) in [4.78, 5) is 11.4. The molecule has 1 aromatic heterocycles. The van der Waals surface area contributed by atoms with Crippen molar-refractivity contribution in [1.82, 2.24) is 10.2 Å². The van der Waals surface area contributed by atoms with E-state index in [1.54, 1.807) is 18.2 Å². The Kier molecular flexibility index (Phi) is 4.50. The topological polar surface area (TPSA) is 105 Å². The molecule has 1 aliphatic carbocycles. The van der Waals surface area contributed by atoms with Crippen LogP contribution in [0.2, 0.25) is 0 Å². The smallest absolute Gasteiger partial charge is 0.248 e. The molecule has 138 valence electrons. The molecule has 1 heterocycles. The van der Waals surface area contributed by atoms with Crippen molar-refractivity contribution in [2.24, 2.45) is 5.73 Å². The first-order valence-electron chi connectivity index (χ1n) is 9.12. The van der Waals surface area contributed by atoms with Crippen LogP contribution in [0.15, 0.2) is 60.7 Å². The lowest BCUT2D eigenvalue weighted by Gasteiger charge is -2.43. The predicted octanol–water partition coefficient (Wildman–Crippen LogP) is 3.61. The zero-order chi connectivity index (χ0) is 19.6. The SMILES string of the molecule is N#Cc1ccc(C2(Nc3ccc(-c4cccc(C(N)=O)c4)nn3)CCC2)cc1. The molecule has 0 spiro atoms. The summed E-state index contributed by atoms with van der Waals surface area (Å²) in [6.45, 7) is 0. The van der Waals surface area contributed by atoms with Crippen LogP contribution in [0.25, 0.3) is 11.3 Å². The number of nitriles is 1. The summed E-state index contributed by atoms with van der Waals surface area (Å²) in [7, 11) is 0. The van der Waals surface area contributed by atoms with Crippen molar-refractivity contribution >= 4 is 11.7 Å². The summed E-state index contributed by atoms with van der Waals surface area (Å²) < 4.78 is 0. The van der Waals surface area contributed by atoms with E-state index in [9.17, 15) is 4.79 Å². The number of anilines is 1. The molecule has 1 fully saturated rings. The molecule has 4 rings (SSSR count). The molecule has 0 saturated heterocycles. The Labute approximate surface area is 163 Å². The van der Waals surface area contributed by atoms with Gasteiger partial charge in [0, 0.05) is 11.1 Å². The van der Waals surface area contributed by atoms with Crippen LogP contribution in [0.3, 0.4) is 0 Å². The first kappa shape index (κ1) is 17.7. The molecule has 0 unspecified atom stereocenters. The molecule has 0 bridgehead atoms. The molecule has 3 aromatic rings. The lowest BCUT2D eigenvalue weighted by molar-refractivity contribution is 0.100. The highest BCUT2D eigenvalue weighted by molar-refractivity contribution is 5.93. The Bertz CT molecular complexity index is 1050. The molecular weight excluding hydrogens is 350 g/mol. The van der Waals surface area contributed by atoms with Gasteiger partial charge < -0.3 is 11.1 Å². The van der Waals surface area contributed by atoms with E-state index in [0.29, 0.717) is 22.6 Å². The van der Waals surface area contributed by atoms with Crippen molar-refractivity contribution in [2.75, 3.05) is 5.32 Å². The van der Waals surface area contributed by atoms with Crippen molar-refractivity contribution < 1.29 is 4.79 Å². The minimum atomic E-state index is -0.470. The van der Waals surface area contributed by atoms with Gasteiger partial charge in [-0.1, -0.05) is 24.3 Å². The quantitative estimate of drug-likeness (QED) is 0.715. The molecule has 0 aliphatic heterocycles. The van der Waals surface area contributed by atoms with Crippen LogP contribution < -0.4 is 11.1 Å². The Morgan fingerprint density at radius 2 is 1.86 bits per heavy atom. The van der Waals surface area contributed by atoms with Crippen molar-refractivity contribution in [3.63, 3.8) is 0 Å². The molecular formula is C22H19N5O. The van der Waals surface area contributed by atoms with E-state index in [2.05, 4.69) is 21.6 Å². The number of nitrogens with one attached hydrogen (secondary N) is 1. The summed E-state index contributed by atoms with van der Waals surface area (Å²) >= 11 is 0. The number of carbonyl (C=O) groups excluding carboxylic acids is 1. The third-order valence-electron chi connectivity index (χ3n) is 5.25. The zero-order valence-electron chi connectivity index (χ0n) is 15.2. The van der Waals surface area contributed by atoms with Gasteiger partial charge in [0.05, 0.1) is 22.9 Å². The second-order valence-electron chi connectivity index (χ2n) is 7.00. The van der Waals surface area contributed by atoms with Crippen LogP contribution in [0.1, 0.15) is 40.7 Å². The van der Waals surface area contributed by atoms with E-state index in [-0.39, 0.29) is 5.54 Å². The van der Waals surface area contributed by atoms with Crippen LogP contribution in [-0.2, 0) is 5.54 Å². The second kappa shape index (κ2) is 7.12. The number of carbonyl (C=O) groups is 1. The van der Waals surface area contributed by atoms with Gasteiger partial charge >= 0.3 is 0 Å². The van der Waals surface area contributed by atoms with Gasteiger partial charge in [-0.3, -0.25) is 4.79 Å². The number of hydrogen-bond acceptors (Lipinski definition) is 5. The van der Waals surface area contributed by atoms with E-state index in [4.69, 9.17) is 11.0 Å². The maximum Gasteiger partial charge on any atom is 0.248 e. The molecule has 1 amide bonds. The molecule has 3 N–H and O–H groups in total. The minimum Gasteiger partial charge on any atom is -0.366 e. The summed E-state index contributed by atoms with van der Waals surface area (Å²) in [5.41, 5.74) is 8.89. The number of primary amides is 1. The fourth-order valence-corrected chi connectivity index (χ4v) is 3.51. The molecule has 2 aromatic carbocycles. The fourth-order valence-electron chi connectivity index (χ4n) is 3.51. The average Bonchev–Trinajstić information content (AvgIpc) is 2.71. The number of aromatic nitrogens is 2. The van der Waals surface area contributed by atoms with E-state index < -0.39 is 5.91 Å². The van der Waals surface area contributed by atoms with Crippen molar-refractivity contribution in [3.05, 3.63) is 77.4 Å². The Morgan fingerprint density at radius 3 is 2.43 bits per heavy atom. The highest BCUT2D eigenvalue weighted by atomic mass is 16.1. The van der Waals surface area contributed by atoms with E-state index in [1.807, 2.05) is 42.5 Å². The molecule has 6 heteroatoms. The van der Waals surface area contributed by atoms with Crippen LogP contribution in [0, 0.1) is 11.3 Å². The van der Waals surface area contributed by atoms with Gasteiger partial charge in [0.1, 0.15) is 5.82 Å². The molecule has 6 nitrogen and oxygen atoms in total. The maximum absolute atomic E-state index is 11.4. The van der Waals surface area contributed by atoms with Crippen LogP contribution in [0.4, 0.5) is 5.82 Å². The number of amides is 1. The number of rotatable bonds is 5. The fraction of sp³-hybridized carbons (Fsp3) is 0.182. The average molecular weight is 369 g/mol. The first-order valence-corrected chi connectivity index (χ1v) is 9.12. The highest BCUT2D eigenvalue weighted by Crippen LogP contribution is 2.43. The monoisotopic (exact) mass is 369 g/mol. The normalized spacial score (nSPS) is 14.5. The standard InChI is InChI=1S/C22H19N5O/c23-14-15-5-7-18(8-6-15)22(11-2-12-22)25-20-10-9-19(26-27-20)16-3-1-4-17(13-16)21(24)28/h1,3-10,13H,2,11-12H2,(H2,24,28)(H,25,27). The number of nitrogens with zero attached hydrogens (tertiary/aromatic N) is 3.